The van der Waals surface area contributed by atoms with Crippen LogP contribution in [0.25, 0.3) is 10.8 Å². The second kappa shape index (κ2) is 16.3. The molecule has 2 aliphatic heterocycles. The molecule has 12 nitrogen and oxygen atoms in total. The molecule has 17 heteroatoms. The standard InChI is InChI=1S/C42H53F4N3O9S/c1-7-25-16-24(2)10-8-9-11-27-21-41(27,38(53)48-59(54,55)40(5)13-14-40)22-33(50)32-18-28(57-36-29-19-31(43)34(56-6)17-26(29)12-15-47-36)23-49(32)37(52)30(25)20-35(51)58-39(3,4)42(44,45)46/h9,11-12,15,17,19,24-25,27-28,30,32H,7-8,10,13-14,16,18,20-23H2,1-6H3,(H,48,53)/b11-9-/t24-,25+,27+,28+,30-,32-,41+/m0/s1/i6D3. The minimum Gasteiger partial charge on any atom is -0.494 e. The van der Waals surface area contributed by atoms with E-state index in [1.165, 1.54) is 24.1 Å². The molecule has 7 atom stereocenters. The lowest BCUT2D eigenvalue weighted by Crippen LogP contribution is -2.49. The number of ether oxygens (including phenoxy) is 3. The molecule has 0 bridgehead atoms. The number of pyridine rings is 1. The van der Waals surface area contributed by atoms with Gasteiger partial charge in [0.15, 0.2) is 17.3 Å². The molecule has 1 saturated heterocycles. The van der Waals surface area contributed by atoms with Crippen molar-refractivity contribution in [2.24, 2.45) is 29.1 Å². The fourth-order valence-electron chi connectivity index (χ4n) is 8.38. The molecule has 324 valence electrons. The monoisotopic (exact) mass is 854 g/mol. The van der Waals surface area contributed by atoms with Gasteiger partial charge in [-0.25, -0.2) is 17.8 Å². The van der Waals surface area contributed by atoms with Gasteiger partial charge in [0.25, 0.3) is 0 Å². The van der Waals surface area contributed by atoms with Gasteiger partial charge < -0.3 is 19.1 Å². The third-order valence-electron chi connectivity index (χ3n) is 12.7. The number of benzene rings is 1. The number of amides is 2. The molecule has 3 fully saturated rings. The maximum atomic E-state index is 15.2. The minimum absolute atomic E-state index is 0.0417. The first-order valence-corrected chi connectivity index (χ1v) is 21.5. The molecule has 2 aliphatic carbocycles. The average molecular weight is 855 g/mol. The van der Waals surface area contributed by atoms with Gasteiger partial charge in [-0.05, 0) is 101 Å². The van der Waals surface area contributed by atoms with E-state index in [-0.39, 0.29) is 42.0 Å². The molecule has 0 radical (unpaired) electrons. The minimum atomic E-state index is -4.92. The summed E-state index contributed by atoms with van der Waals surface area (Å²) in [6.07, 6.45) is 0.458. The van der Waals surface area contributed by atoms with Crippen molar-refractivity contribution in [3.8, 4) is 11.6 Å². The van der Waals surface area contributed by atoms with Crippen molar-refractivity contribution in [2.45, 2.75) is 127 Å². The van der Waals surface area contributed by atoms with E-state index in [0.717, 1.165) is 12.1 Å². The summed E-state index contributed by atoms with van der Waals surface area (Å²) in [6, 6.07) is 2.28. The topological polar surface area (TPSA) is 158 Å². The van der Waals surface area contributed by atoms with Crippen LogP contribution in [-0.4, -0.2) is 84.1 Å². The fraction of sp³-hybridized carbons (Fsp3) is 0.643. The molecule has 1 N–H and O–H groups in total. The molecule has 2 amide bonds. The number of alkyl halides is 3. The number of carbonyl (C=O) groups is 4. The van der Waals surface area contributed by atoms with Crippen molar-refractivity contribution < 1.29 is 63.5 Å². The maximum absolute atomic E-state index is 15.2. The summed E-state index contributed by atoms with van der Waals surface area (Å²) in [4.78, 5) is 62.5. The van der Waals surface area contributed by atoms with E-state index < -0.39 is 117 Å². The number of carbonyl (C=O) groups excluding carboxylic acids is 4. The number of allylic oxidation sites excluding steroid dienone is 2. The maximum Gasteiger partial charge on any atom is 0.427 e. The molecule has 2 aromatic rings. The molecule has 0 spiro atoms. The Bertz CT molecular complexity index is 2230. The zero-order chi connectivity index (χ0) is 45.8. The van der Waals surface area contributed by atoms with Crippen molar-refractivity contribution in [3.63, 3.8) is 0 Å². The largest absolute Gasteiger partial charge is 0.494 e. The fourth-order valence-corrected chi connectivity index (χ4v) is 9.72. The Balaban J connectivity index is 1.38. The highest BCUT2D eigenvalue weighted by atomic mass is 32.2. The highest BCUT2D eigenvalue weighted by molar-refractivity contribution is 7.91. The van der Waals surface area contributed by atoms with Crippen LogP contribution in [0, 0.1) is 34.9 Å². The number of hydrogen-bond acceptors (Lipinski definition) is 10. The first-order chi connectivity index (χ1) is 28.7. The van der Waals surface area contributed by atoms with Crippen LogP contribution in [0.15, 0.2) is 36.5 Å². The van der Waals surface area contributed by atoms with Crippen LogP contribution in [0.4, 0.5) is 17.6 Å². The number of sulfonamides is 1. The molecular formula is C42H53F4N3O9S. The van der Waals surface area contributed by atoms with Gasteiger partial charge in [-0.1, -0.05) is 32.4 Å². The van der Waals surface area contributed by atoms with Gasteiger partial charge in [-0.15, -0.1) is 0 Å². The molecule has 2 saturated carbocycles. The third-order valence-corrected chi connectivity index (χ3v) is 14.9. The van der Waals surface area contributed by atoms with Crippen LogP contribution < -0.4 is 14.2 Å². The van der Waals surface area contributed by atoms with Gasteiger partial charge >= 0.3 is 12.1 Å². The Kier molecular flexibility index (Phi) is 11.1. The molecule has 1 aromatic heterocycles. The van der Waals surface area contributed by atoms with Gasteiger partial charge in [0.2, 0.25) is 33.3 Å². The van der Waals surface area contributed by atoms with E-state index in [0.29, 0.717) is 52.4 Å². The number of methoxy groups -OCH3 is 1. The summed E-state index contributed by atoms with van der Waals surface area (Å²) < 4.78 is 122. The summed E-state index contributed by atoms with van der Waals surface area (Å²) in [6.45, 7) is 6.38. The van der Waals surface area contributed by atoms with Gasteiger partial charge in [0.1, 0.15) is 6.10 Å². The number of hydrogen-bond donors (Lipinski definition) is 1. The summed E-state index contributed by atoms with van der Waals surface area (Å²) in [7, 11) is -7.04. The van der Waals surface area contributed by atoms with Crippen LogP contribution in [-0.2, 0) is 33.9 Å². The smallest absolute Gasteiger partial charge is 0.427 e. The van der Waals surface area contributed by atoms with Crippen molar-refractivity contribution in [1.82, 2.24) is 14.6 Å². The van der Waals surface area contributed by atoms with E-state index in [4.69, 9.17) is 18.3 Å². The Labute approximate surface area is 346 Å². The third kappa shape index (κ3) is 9.09. The predicted octanol–water partition coefficient (Wildman–Crippen LogP) is 6.99. The van der Waals surface area contributed by atoms with Crippen molar-refractivity contribution in [2.75, 3.05) is 13.6 Å². The number of nitrogens with one attached hydrogen (secondary N) is 1. The first kappa shape index (κ1) is 40.1. The van der Waals surface area contributed by atoms with Gasteiger partial charge in [0, 0.05) is 24.4 Å². The quantitative estimate of drug-likeness (QED) is 0.150. The number of rotatable bonds is 10. The molecule has 59 heavy (non-hydrogen) atoms. The number of halogens is 4. The van der Waals surface area contributed by atoms with Gasteiger partial charge in [-0.2, -0.15) is 13.2 Å². The number of ketones is 1. The van der Waals surface area contributed by atoms with Crippen LogP contribution in [0.1, 0.15) is 103 Å². The lowest BCUT2D eigenvalue weighted by molar-refractivity contribution is -0.257. The van der Waals surface area contributed by atoms with E-state index in [1.807, 2.05) is 19.1 Å². The number of fused-ring (bicyclic) bond motifs is 3. The first-order valence-electron chi connectivity index (χ1n) is 21.5. The normalized spacial score (nSPS) is 30.3. The second-order valence-corrected chi connectivity index (χ2v) is 19.7. The van der Waals surface area contributed by atoms with Crippen molar-refractivity contribution >= 4 is 44.4 Å². The zero-order valence-corrected chi connectivity index (χ0v) is 34.5. The summed E-state index contributed by atoms with van der Waals surface area (Å²) in [5.74, 6) is -7.47. The van der Waals surface area contributed by atoms with Crippen molar-refractivity contribution in [1.29, 1.82) is 0 Å². The van der Waals surface area contributed by atoms with Crippen LogP contribution in [0.3, 0.4) is 0 Å². The van der Waals surface area contributed by atoms with E-state index in [9.17, 15) is 40.8 Å². The summed E-state index contributed by atoms with van der Waals surface area (Å²) >= 11 is 0. The van der Waals surface area contributed by atoms with Gasteiger partial charge in [-0.3, -0.25) is 23.9 Å². The Morgan fingerprint density at radius 3 is 2.54 bits per heavy atom. The number of nitrogens with zero attached hydrogens (tertiary/aromatic N) is 2. The number of Topliss-reactive ketones (excluding diaryl/α,β-unsaturated/α-hetero) is 1. The predicted molar refractivity (Wildman–Crippen MR) is 208 cm³/mol. The molecule has 6 rings (SSSR count). The SMILES string of the molecule is [2H]C([2H])([2H])Oc1cc2ccnc(O[C@@H]3C[C@H]4C(=O)C[C@]5(C(=O)NS(=O)(=O)C6(C)CC6)C[C@H]5/C=C\CC[C@H](C)C[C@@H](CC)[C@H](CC(=O)OC(C)(C)C(F)(F)F)C(=O)N4C3)c2cc1F. The molecular weight excluding hydrogens is 799 g/mol. The van der Waals surface area contributed by atoms with Crippen LogP contribution >= 0.6 is 0 Å². The lowest BCUT2D eigenvalue weighted by atomic mass is 9.79. The molecule has 1 aromatic carbocycles. The van der Waals surface area contributed by atoms with E-state index in [2.05, 4.69) is 9.71 Å². The number of aromatic nitrogens is 1. The van der Waals surface area contributed by atoms with Crippen molar-refractivity contribution in [3.05, 3.63) is 42.4 Å². The van der Waals surface area contributed by atoms with Gasteiger partial charge in [0.05, 0.1) is 46.2 Å². The molecule has 4 aliphatic rings. The summed E-state index contributed by atoms with van der Waals surface area (Å²) in [5, 5.41) is 0.387. The Morgan fingerprint density at radius 1 is 1.15 bits per heavy atom. The Morgan fingerprint density at radius 2 is 1.88 bits per heavy atom. The van der Waals surface area contributed by atoms with Crippen LogP contribution in [0.2, 0.25) is 0 Å². The second-order valence-electron chi connectivity index (χ2n) is 17.5. The highest BCUT2D eigenvalue weighted by Gasteiger charge is 2.63. The highest BCUT2D eigenvalue weighted by Crippen LogP contribution is 2.58. The van der Waals surface area contributed by atoms with Crippen LogP contribution in [0.5, 0.6) is 11.6 Å². The van der Waals surface area contributed by atoms with E-state index >= 15 is 4.39 Å². The molecule has 0 unspecified atom stereocenters. The van der Waals surface area contributed by atoms with E-state index in [1.54, 1.807) is 6.92 Å². The Hall–Kier alpha value is -4.28. The molecule has 3 heterocycles. The average Bonchev–Trinajstić information content (AvgIpc) is 4.04. The number of esters is 1. The summed E-state index contributed by atoms with van der Waals surface area (Å²) in [5.41, 5.74) is -4.34. The zero-order valence-electron chi connectivity index (χ0n) is 36.7. The lowest BCUT2D eigenvalue weighted by Gasteiger charge is -2.34.